The second-order valence-electron chi connectivity index (χ2n) is 10.6. The molecule has 1 heterocycles. The molecule has 0 bridgehead atoms. The minimum absolute atomic E-state index is 0.0174. The Hall–Kier alpha value is -3.35. The van der Waals surface area contributed by atoms with E-state index in [2.05, 4.69) is 23.5 Å². The standard InChI is InChI=1S/C32H30ClN3O2S/c1-21-14-15-23(33)18-26(21)34-27(37)20-39-31-35-29-25-13-7-6-10-22(25)19-32(16-8-3-9-17-32)28(29)30(38)36(31)24-11-4-2-5-12-24/h2,4-7,10-15,18H,3,8-9,16-17,19-20H2,1H3,(H,34,37). The Labute approximate surface area is 237 Å². The summed E-state index contributed by atoms with van der Waals surface area (Å²) < 4.78 is 1.71. The Balaban J connectivity index is 1.45. The van der Waals surface area contributed by atoms with Crippen LogP contribution in [0.25, 0.3) is 16.9 Å². The molecule has 0 aliphatic heterocycles. The zero-order valence-corrected chi connectivity index (χ0v) is 23.4. The van der Waals surface area contributed by atoms with Gasteiger partial charge in [0, 0.05) is 21.7 Å². The maximum atomic E-state index is 14.5. The summed E-state index contributed by atoms with van der Waals surface area (Å²) in [5.74, 6) is -0.0716. The highest BCUT2D eigenvalue weighted by Gasteiger charge is 2.43. The van der Waals surface area contributed by atoms with Gasteiger partial charge >= 0.3 is 0 Å². The van der Waals surface area contributed by atoms with Gasteiger partial charge in [0.1, 0.15) is 0 Å². The van der Waals surface area contributed by atoms with Crippen LogP contribution in [0.3, 0.4) is 0 Å². The molecule has 5 nitrogen and oxygen atoms in total. The van der Waals surface area contributed by atoms with Crippen LogP contribution in [0.5, 0.6) is 0 Å². The molecule has 1 saturated carbocycles. The number of carbonyl (C=O) groups excluding carboxylic acids is 1. The number of thioether (sulfide) groups is 1. The molecule has 0 radical (unpaired) electrons. The lowest BCUT2D eigenvalue weighted by atomic mass is 9.62. The summed E-state index contributed by atoms with van der Waals surface area (Å²) in [6.07, 6.45) is 6.30. The highest BCUT2D eigenvalue weighted by atomic mass is 35.5. The van der Waals surface area contributed by atoms with Gasteiger partial charge in [0.25, 0.3) is 5.56 Å². The fraction of sp³-hybridized carbons (Fsp3) is 0.281. The third kappa shape index (κ3) is 4.92. The molecule has 4 aromatic rings. The topological polar surface area (TPSA) is 64.0 Å². The predicted octanol–water partition coefficient (Wildman–Crippen LogP) is 7.35. The van der Waals surface area contributed by atoms with E-state index >= 15 is 0 Å². The van der Waals surface area contributed by atoms with Crippen LogP contribution in [-0.4, -0.2) is 21.2 Å². The zero-order chi connectivity index (χ0) is 27.0. The summed E-state index contributed by atoms with van der Waals surface area (Å²) in [6, 6.07) is 23.4. The lowest BCUT2D eigenvalue weighted by Gasteiger charge is -2.42. The van der Waals surface area contributed by atoms with Gasteiger partial charge in [-0.25, -0.2) is 4.98 Å². The van der Waals surface area contributed by atoms with Crippen LogP contribution < -0.4 is 10.9 Å². The van der Waals surface area contributed by atoms with E-state index in [4.69, 9.17) is 16.6 Å². The van der Waals surface area contributed by atoms with Crippen molar-refractivity contribution in [3.05, 3.63) is 105 Å². The normalized spacial score (nSPS) is 15.4. The van der Waals surface area contributed by atoms with Gasteiger partial charge in [-0.1, -0.05) is 91.2 Å². The van der Waals surface area contributed by atoms with E-state index in [1.165, 1.54) is 23.7 Å². The number of carbonyl (C=O) groups is 1. The molecule has 1 amide bonds. The van der Waals surface area contributed by atoms with Crippen LogP contribution in [0.1, 0.15) is 48.8 Å². The fourth-order valence-corrected chi connectivity index (χ4v) is 7.11. The smallest absolute Gasteiger partial charge is 0.263 e. The number of benzene rings is 3. The predicted molar refractivity (Wildman–Crippen MR) is 159 cm³/mol. The molecule has 3 aromatic carbocycles. The first kappa shape index (κ1) is 25.9. The van der Waals surface area contributed by atoms with Gasteiger partial charge < -0.3 is 5.32 Å². The van der Waals surface area contributed by atoms with E-state index in [0.717, 1.165) is 60.2 Å². The molecule has 2 aliphatic rings. The summed E-state index contributed by atoms with van der Waals surface area (Å²) in [5.41, 5.74) is 6.06. The lowest BCUT2D eigenvalue weighted by molar-refractivity contribution is -0.113. The van der Waals surface area contributed by atoms with E-state index in [-0.39, 0.29) is 22.6 Å². The molecule has 1 fully saturated rings. The largest absolute Gasteiger partial charge is 0.325 e. The van der Waals surface area contributed by atoms with Gasteiger partial charge in [-0.2, -0.15) is 0 Å². The summed E-state index contributed by atoms with van der Waals surface area (Å²) in [4.78, 5) is 32.7. The van der Waals surface area contributed by atoms with Crippen LogP contribution in [0, 0.1) is 6.92 Å². The number of fused-ring (bicyclic) bond motifs is 4. The van der Waals surface area contributed by atoms with Crippen molar-refractivity contribution >= 4 is 35.0 Å². The SMILES string of the molecule is Cc1ccc(Cl)cc1NC(=O)CSc1nc2c(c(=O)n1-c1ccccc1)C1(CCCCC1)Cc1ccccc1-2. The molecule has 1 aromatic heterocycles. The minimum atomic E-state index is -0.201. The monoisotopic (exact) mass is 555 g/mol. The molecule has 1 N–H and O–H groups in total. The number of hydrogen-bond acceptors (Lipinski definition) is 4. The van der Waals surface area contributed by atoms with Crippen LogP contribution >= 0.6 is 23.4 Å². The second-order valence-corrected chi connectivity index (χ2v) is 11.9. The number of anilines is 1. The van der Waals surface area contributed by atoms with Crippen molar-refractivity contribution in [2.45, 2.75) is 56.0 Å². The van der Waals surface area contributed by atoms with Crippen molar-refractivity contribution in [3.63, 3.8) is 0 Å². The molecule has 39 heavy (non-hydrogen) atoms. The molecular formula is C32H30ClN3O2S. The Kier molecular flexibility index (Phi) is 7.08. The van der Waals surface area contributed by atoms with Crippen molar-refractivity contribution in [1.29, 1.82) is 0 Å². The van der Waals surface area contributed by atoms with Gasteiger partial charge in [-0.15, -0.1) is 0 Å². The van der Waals surface area contributed by atoms with Gasteiger partial charge in [-0.3, -0.25) is 14.2 Å². The summed E-state index contributed by atoms with van der Waals surface area (Å²) >= 11 is 7.43. The van der Waals surface area contributed by atoms with Crippen LogP contribution in [-0.2, 0) is 16.6 Å². The van der Waals surface area contributed by atoms with Gasteiger partial charge in [0.05, 0.1) is 22.7 Å². The first-order valence-corrected chi connectivity index (χ1v) is 14.8. The van der Waals surface area contributed by atoms with Crippen LogP contribution in [0.4, 0.5) is 5.69 Å². The summed E-state index contributed by atoms with van der Waals surface area (Å²) in [6.45, 7) is 1.93. The third-order valence-electron chi connectivity index (χ3n) is 8.02. The number of nitrogens with zero attached hydrogens (tertiary/aromatic N) is 2. The molecular weight excluding hydrogens is 526 g/mol. The van der Waals surface area contributed by atoms with E-state index in [0.29, 0.717) is 15.9 Å². The average Bonchev–Trinajstić information content (AvgIpc) is 2.94. The van der Waals surface area contributed by atoms with Crippen LogP contribution in [0.2, 0.25) is 5.02 Å². The first-order chi connectivity index (χ1) is 18.9. The Morgan fingerprint density at radius 2 is 1.77 bits per heavy atom. The van der Waals surface area contributed by atoms with Crippen molar-refractivity contribution in [1.82, 2.24) is 9.55 Å². The number of para-hydroxylation sites is 1. The lowest BCUT2D eigenvalue weighted by Crippen LogP contribution is -2.43. The minimum Gasteiger partial charge on any atom is -0.325 e. The van der Waals surface area contributed by atoms with Gasteiger partial charge in [-0.05, 0) is 61.6 Å². The highest BCUT2D eigenvalue weighted by Crippen LogP contribution is 2.49. The van der Waals surface area contributed by atoms with E-state index in [1.807, 2.05) is 49.4 Å². The van der Waals surface area contributed by atoms with Crippen LogP contribution in [0.15, 0.2) is 82.7 Å². The number of rotatable bonds is 5. The zero-order valence-electron chi connectivity index (χ0n) is 21.9. The third-order valence-corrected chi connectivity index (χ3v) is 9.19. The van der Waals surface area contributed by atoms with Crippen molar-refractivity contribution < 1.29 is 4.79 Å². The van der Waals surface area contributed by atoms with Crippen molar-refractivity contribution in [2.75, 3.05) is 11.1 Å². The molecule has 2 aliphatic carbocycles. The van der Waals surface area contributed by atoms with E-state index < -0.39 is 0 Å². The molecule has 198 valence electrons. The van der Waals surface area contributed by atoms with E-state index in [9.17, 15) is 9.59 Å². The molecule has 6 rings (SSSR count). The molecule has 0 saturated heterocycles. The van der Waals surface area contributed by atoms with Gasteiger partial charge in [0.15, 0.2) is 5.16 Å². The van der Waals surface area contributed by atoms with Crippen molar-refractivity contribution in [2.24, 2.45) is 0 Å². The summed E-state index contributed by atoms with van der Waals surface area (Å²) in [5, 5.41) is 4.04. The quantitative estimate of drug-likeness (QED) is 0.206. The maximum Gasteiger partial charge on any atom is 0.263 e. The fourth-order valence-electron chi connectivity index (χ4n) is 6.14. The first-order valence-electron chi connectivity index (χ1n) is 13.5. The number of aryl methyl sites for hydroxylation is 1. The number of amides is 1. The number of halogens is 1. The molecule has 0 atom stereocenters. The second kappa shape index (κ2) is 10.7. The highest BCUT2D eigenvalue weighted by molar-refractivity contribution is 7.99. The Bertz CT molecular complexity index is 1610. The Morgan fingerprint density at radius 1 is 1.03 bits per heavy atom. The number of aromatic nitrogens is 2. The number of nitrogens with one attached hydrogen (secondary N) is 1. The average molecular weight is 556 g/mol. The Morgan fingerprint density at radius 3 is 2.56 bits per heavy atom. The molecule has 0 unspecified atom stereocenters. The van der Waals surface area contributed by atoms with E-state index in [1.54, 1.807) is 16.7 Å². The van der Waals surface area contributed by atoms with Crippen molar-refractivity contribution in [3.8, 4) is 16.9 Å². The molecule has 7 heteroatoms. The number of hydrogen-bond donors (Lipinski definition) is 1. The maximum absolute atomic E-state index is 14.5. The summed E-state index contributed by atoms with van der Waals surface area (Å²) in [7, 11) is 0. The van der Waals surface area contributed by atoms with Gasteiger partial charge in [0.2, 0.25) is 5.91 Å². The molecule has 1 spiro atoms.